The molecule has 2 heterocycles. The Kier molecular flexibility index (Phi) is 6.47. The van der Waals surface area contributed by atoms with Crippen LogP contribution >= 0.6 is 11.6 Å². The van der Waals surface area contributed by atoms with Crippen molar-refractivity contribution >= 4 is 29.5 Å². The topological polar surface area (TPSA) is 90.0 Å². The van der Waals surface area contributed by atoms with Gasteiger partial charge in [0.2, 0.25) is 0 Å². The van der Waals surface area contributed by atoms with E-state index in [0.717, 1.165) is 6.42 Å². The lowest BCUT2D eigenvalue weighted by atomic mass is 10.1. The molecule has 1 amide bonds. The lowest BCUT2D eigenvalue weighted by Gasteiger charge is -2.24. The maximum absolute atomic E-state index is 12.1. The molecule has 0 aromatic carbocycles. The summed E-state index contributed by atoms with van der Waals surface area (Å²) in [5.74, 6) is 0.565. The third kappa shape index (κ3) is 5.36. The molecule has 0 radical (unpaired) electrons. The first kappa shape index (κ1) is 20.0. The van der Waals surface area contributed by atoms with Crippen molar-refractivity contribution in [2.24, 2.45) is 10.7 Å². The fourth-order valence-corrected chi connectivity index (χ4v) is 2.69. The molecule has 1 saturated heterocycles. The highest BCUT2D eigenvalue weighted by Crippen LogP contribution is 2.26. The normalized spacial score (nSPS) is 18.4. The first-order chi connectivity index (χ1) is 12.2. The van der Waals surface area contributed by atoms with Gasteiger partial charge in [-0.1, -0.05) is 11.6 Å². The minimum absolute atomic E-state index is 0.0104. The first-order valence-corrected chi connectivity index (χ1v) is 8.74. The molecule has 0 saturated carbocycles. The van der Waals surface area contributed by atoms with E-state index in [1.807, 2.05) is 20.8 Å². The molecular weight excluding hydrogens is 356 g/mol. The van der Waals surface area contributed by atoms with Crippen LogP contribution in [0.2, 0.25) is 5.15 Å². The number of methoxy groups -OCH3 is 1. The van der Waals surface area contributed by atoms with E-state index in [1.54, 1.807) is 30.5 Å². The predicted molar refractivity (Wildman–Crippen MR) is 103 cm³/mol. The molecule has 1 aliphatic rings. The summed E-state index contributed by atoms with van der Waals surface area (Å²) in [5, 5.41) is 0.336. The van der Waals surface area contributed by atoms with Gasteiger partial charge in [0.05, 0.1) is 13.2 Å². The second kappa shape index (κ2) is 8.40. The lowest BCUT2D eigenvalue weighted by Crippen LogP contribution is -2.35. The summed E-state index contributed by atoms with van der Waals surface area (Å²) in [4.78, 5) is 22.4. The van der Waals surface area contributed by atoms with Crippen molar-refractivity contribution < 1.29 is 14.3 Å². The monoisotopic (exact) mass is 380 g/mol. The summed E-state index contributed by atoms with van der Waals surface area (Å²) in [5.41, 5.74) is 6.60. The van der Waals surface area contributed by atoms with Crippen molar-refractivity contribution in [3.05, 3.63) is 29.2 Å². The van der Waals surface area contributed by atoms with Crippen molar-refractivity contribution in [1.82, 2.24) is 9.88 Å². The molecule has 1 aromatic heterocycles. The number of hydrogen-bond donors (Lipinski definition) is 1. The number of carbonyl (C=O) groups is 1. The van der Waals surface area contributed by atoms with Gasteiger partial charge in [-0.25, -0.2) is 9.78 Å². The molecule has 0 bridgehead atoms. The fourth-order valence-electron chi connectivity index (χ4n) is 2.54. The molecule has 1 fully saturated rings. The highest BCUT2D eigenvalue weighted by atomic mass is 35.5. The van der Waals surface area contributed by atoms with Crippen LogP contribution < -0.4 is 10.5 Å². The number of aromatic nitrogens is 1. The molecular formula is C18H25ClN4O3. The number of nitrogens with zero attached hydrogens (tertiary/aromatic N) is 3. The second-order valence-electron chi connectivity index (χ2n) is 6.98. The zero-order chi connectivity index (χ0) is 19.3. The largest absolute Gasteiger partial charge is 0.496 e. The molecule has 8 heteroatoms. The molecule has 1 aromatic rings. The SMILES string of the molecule is COc1cc(Cl)ncc1/C(C=NC1CCN(C(=O)OC(C)(C)C)C1)=C/N. The van der Waals surface area contributed by atoms with Gasteiger partial charge < -0.3 is 20.1 Å². The van der Waals surface area contributed by atoms with E-state index in [0.29, 0.717) is 35.1 Å². The quantitative estimate of drug-likeness (QED) is 0.640. The summed E-state index contributed by atoms with van der Waals surface area (Å²) < 4.78 is 10.7. The number of ether oxygens (including phenoxy) is 2. The Morgan fingerprint density at radius 2 is 2.23 bits per heavy atom. The summed E-state index contributed by atoms with van der Waals surface area (Å²) in [6, 6.07) is 1.61. The number of pyridine rings is 1. The van der Waals surface area contributed by atoms with Crippen LogP contribution in [0.15, 0.2) is 23.5 Å². The van der Waals surface area contributed by atoms with E-state index in [9.17, 15) is 4.79 Å². The van der Waals surface area contributed by atoms with Crippen molar-refractivity contribution in [1.29, 1.82) is 0 Å². The van der Waals surface area contributed by atoms with Crippen molar-refractivity contribution in [3.8, 4) is 5.75 Å². The summed E-state index contributed by atoms with van der Waals surface area (Å²) in [7, 11) is 1.55. The number of nitrogens with two attached hydrogens (primary N) is 1. The van der Waals surface area contributed by atoms with E-state index >= 15 is 0 Å². The minimum atomic E-state index is -0.508. The number of halogens is 1. The number of carbonyl (C=O) groups excluding carboxylic acids is 1. The number of hydrogen-bond acceptors (Lipinski definition) is 6. The van der Waals surface area contributed by atoms with Crippen LogP contribution in [0, 0.1) is 0 Å². The zero-order valence-corrected chi connectivity index (χ0v) is 16.3. The molecule has 26 heavy (non-hydrogen) atoms. The van der Waals surface area contributed by atoms with Gasteiger partial charge >= 0.3 is 6.09 Å². The van der Waals surface area contributed by atoms with Crippen molar-refractivity contribution in [2.45, 2.75) is 38.8 Å². The lowest BCUT2D eigenvalue weighted by molar-refractivity contribution is 0.0293. The van der Waals surface area contributed by atoms with E-state index in [-0.39, 0.29) is 12.1 Å². The van der Waals surface area contributed by atoms with Crippen LogP contribution in [0.5, 0.6) is 5.75 Å². The van der Waals surface area contributed by atoms with Gasteiger partial charge in [-0.15, -0.1) is 0 Å². The summed E-state index contributed by atoms with van der Waals surface area (Å²) in [6.45, 7) is 6.68. The molecule has 142 valence electrons. The molecule has 2 N–H and O–H groups in total. The molecule has 1 atom stereocenters. The zero-order valence-electron chi connectivity index (χ0n) is 15.5. The second-order valence-corrected chi connectivity index (χ2v) is 7.36. The van der Waals surface area contributed by atoms with Gasteiger partial charge in [0.25, 0.3) is 0 Å². The molecule has 1 aliphatic heterocycles. The Morgan fingerprint density at radius 3 is 2.85 bits per heavy atom. The van der Waals surface area contributed by atoms with Crippen LogP contribution in [0.3, 0.4) is 0 Å². The van der Waals surface area contributed by atoms with Crippen LogP contribution in [-0.4, -0.2) is 54.0 Å². The third-order valence-corrected chi connectivity index (χ3v) is 3.99. The van der Waals surface area contributed by atoms with Gasteiger partial charge in [0, 0.05) is 48.9 Å². The smallest absolute Gasteiger partial charge is 0.410 e. The Hall–Kier alpha value is -2.28. The van der Waals surface area contributed by atoms with E-state index in [4.69, 9.17) is 26.8 Å². The van der Waals surface area contributed by atoms with Crippen molar-refractivity contribution in [2.75, 3.05) is 20.2 Å². The number of amides is 1. The van der Waals surface area contributed by atoms with Crippen LogP contribution in [-0.2, 0) is 4.74 Å². The van der Waals surface area contributed by atoms with E-state index < -0.39 is 5.60 Å². The van der Waals surface area contributed by atoms with Gasteiger partial charge in [-0.05, 0) is 27.2 Å². The number of likely N-dealkylation sites (tertiary alicyclic amines) is 1. The van der Waals surface area contributed by atoms with E-state index in [1.165, 1.54) is 6.20 Å². The third-order valence-electron chi connectivity index (χ3n) is 3.78. The average Bonchev–Trinajstić information content (AvgIpc) is 3.04. The highest BCUT2D eigenvalue weighted by molar-refractivity contribution is 6.29. The number of allylic oxidation sites excluding steroid dienone is 1. The molecule has 2 rings (SSSR count). The molecule has 0 aliphatic carbocycles. The van der Waals surface area contributed by atoms with Crippen LogP contribution in [0.1, 0.15) is 32.8 Å². The van der Waals surface area contributed by atoms with Crippen LogP contribution in [0.4, 0.5) is 4.79 Å². The Labute approximate surface area is 158 Å². The maximum atomic E-state index is 12.1. The Bertz CT molecular complexity index is 713. The molecule has 7 nitrogen and oxygen atoms in total. The first-order valence-electron chi connectivity index (χ1n) is 8.36. The molecule has 0 spiro atoms. The molecule has 1 unspecified atom stereocenters. The predicted octanol–water partition coefficient (Wildman–Crippen LogP) is 3.12. The van der Waals surface area contributed by atoms with Gasteiger partial charge in [0.15, 0.2) is 0 Å². The van der Waals surface area contributed by atoms with Gasteiger partial charge in [-0.2, -0.15) is 0 Å². The summed E-state index contributed by atoms with van der Waals surface area (Å²) >= 11 is 5.89. The van der Waals surface area contributed by atoms with E-state index in [2.05, 4.69) is 9.98 Å². The Balaban J connectivity index is 2.04. The highest BCUT2D eigenvalue weighted by Gasteiger charge is 2.29. The van der Waals surface area contributed by atoms with Gasteiger partial charge in [-0.3, -0.25) is 4.99 Å². The number of rotatable bonds is 4. The maximum Gasteiger partial charge on any atom is 0.410 e. The standard InChI is InChI=1S/C18H25ClN4O3/c1-18(2,3)26-17(24)23-6-5-13(11-23)21-9-12(8-20)14-10-22-16(19)7-15(14)25-4/h7-10,13H,5-6,11,20H2,1-4H3/b12-8+,21-9?. The van der Waals surface area contributed by atoms with Gasteiger partial charge in [0.1, 0.15) is 16.5 Å². The Morgan fingerprint density at radius 1 is 1.50 bits per heavy atom. The average molecular weight is 381 g/mol. The summed E-state index contributed by atoms with van der Waals surface area (Å²) in [6.07, 6.45) is 5.17. The number of aliphatic imine (C=N–C) groups is 1. The van der Waals surface area contributed by atoms with Crippen molar-refractivity contribution in [3.63, 3.8) is 0 Å². The van der Waals surface area contributed by atoms with Crippen LogP contribution in [0.25, 0.3) is 5.57 Å². The fraction of sp³-hybridized carbons (Fsp3) is 0.500. The minimum Gasteiger partial charge on any atom is -0.496 e.